The number of hydrogen-bond acceptors (Lipinski definition) is 2. The molecule has 1 fully saturated rings. The van der Waals surface area contributed by atoms with Crippen molar-refractivity contribution in [1.82, 2.24) is 4.90 Å². The largest absolute Gasteiger partial charge is 0.326 e. The Morgan fingerprint density at radius 3 is 2.46 bits per heavy atom. The topological polar surface area (TPSA) is 29.3 Å². The molecular weight excluding hydrogens is 160 g/mol. The van der Waals surface area contributed by atoms with Gasteiger partial charge in [-0.25, -0.2) is 0 Å². The lowest BCUT2D eigenvalue weighted by Crippen LogP contribution is -2.41. The average Bonchev–Trinajstić information content (AvgIpc) is 2.19. The van der Waals surface area contributed by atoms with Gasteiger partial charge < -0.3 is 10.6 Å². The van der Waals surface area contributed by atoms with E-state index in [1.807, 2.05) is 0 Å². The van der Waals surface area contributed by atoms with Crippen LogP contribution >= 0.6 is 0 Å². The maximum absolute atomic E-state index is 6.18. The van der Waals surface area contributed by atoms with Crippen LogP contribution < -0.4 is 5.73 Å². The molecule has 0 aromatic heterocycles. The van der Waals surface area contributed by atoms with Gasteiger partial charge in [-0.2, -0.15) is 0 Å². The minimum Gasteiger partial charge on any atom is -0.326 e. The predicted molar refractivity (Wildman–Crippen MR) is 57.7 cm³/mol. The van der Waals surface area contributed by atoms with Crippen LogP contribution in [0.2, 0.25) is 0 Å². The van der Waals surface area contributed by atoms with E-state index in [1.165, 1.54) is 32.1 Å². The summed E-state index contributed by atoms with van der Waals surface area (Å²) < 4.78 is 0. The summed E-state index contributed by atoms with van der Waals surface area (Å²) in [5.74, 6) is 0.794. The summed E-state index contributed by atoms with van der Waals surface area (Å²) in [5, 5.41) is 0. The molecule has 1 unspecified atom stereocenters. The van der Waals surface area contributed by atoms with Gasteiger partial charge in [-0.15, -0.1) is 0 Å². The molecule has 1 aliphatic carbocycles. The molecular formula is C11H24N2. The Hall–Kier alpha value is -0.0800. The summed E-state index contributed by atoms with van der Waals surface area (Å²) in [4.78, 5) is 2.32. The van der Waals surface area contributed by atoms with Crippen molar-refractivity contribution in [3.63, 3.8) is 0 Å². The van der Waals surface area contributed by atoms with E-state index in [0.29, 0.717) is 6.04 Å². The second kappa shape index (κ2) is 5.61. The first-order chi connectivity index (χ1) is 6.24. The first-order valence-corrected chi connectivity index (χ1v) is 5.68. The Morgan fingerprint density at radius 1 is 1.31 bits per heavy atom. The lowest BCUT2D eigenvalue weighted by Gasteiger charge is -2.30. The van der Waals surface area contributed by atoms with E-state index in [4.69, 9.17) is 5.73 Å². The van der Waals surface area contributed by atoms with Gasteiger partial charge >= 0.3 is 0 Å². The fourth-order valence-corrected chi connectivity index (χ4v) is 2.20. The summed E-state index contributed by atoms with van der Waals surface area (Å²) in [7, 11) is 2.16. The van der Waals surface area contributed by atoms with Gasteiger partial charge in [0, 0.05) is 12.6 Å². The van der Waals surface area contributed by atoms with Gasteiger partial charge in [-0.05, 0) is 32.4 Å². The molecule has 0 heterocycles. The highest BCUT2D eigenvalue weighted by Crippen LogP contribution is 2.25. The molecule has 0 saturated heterocycles. The second-order valence-electron chi connectivity index (χ2n) is 4.42. The van der Waals surface area contributed by atoms with Gasteiger partial charge in [0.15, 0.2) is 0 Å². The molecule has 2 nitrogen and oxygen atoms in total. The van der Waals surface area contributed by atoms with Crippen molar-refractivity contribution in [3.8, 4) is 0 Å². The summed E-state index contributed by atoms with van der Waals surface area (Å²) in [6.45, 7) is 4.37. The average molecular weight is 184 g/mol. The van der Waals surface area contributed by atoms with Gasteiger partial charge in [0.25, 0.3) is 0 Å². The summed E-state index contributed by atoms with van der Waals surface area (Å²) in [6, 6.07) is 0.408. The van der Waals surface area contributed by atoms with Crippen molar-refractivity contribution in [2.75, 3.05) is 20.1 Å². The molecule has 0 aliphatic heterocycles. The van der Waals surface area contributed by atoms with E-state index in [0.717, 1.165) is 19.0 Å². The lowest BCUT2D eigenvalue weighted by atomic mass is 9.84. The molecule has 0 bridgehead atoms. The highest BCUT2D eigenvalue weighted by molar-refractivity contribution is 4.78. The minimum atomic E-state index is 0.408. The molecule has 0 spiro atoms. The molecule has 1 atom stereocenters. The minimum absolute atomic E-state index is 0.408. The molecule has 1 rings (SSSR count). The standard InChI is InChI=1S/C11H24N2/c1-3-13(2)9-11(12)10-7-5-4-6-8-10/h10-11H,3-9,12H2,1-2H3. The van der Waals surface area contributed by atoms with Crippen LogP contribution in [0, 0.1) is 5.92 Å². The summed E-state index contributed by atoms with van der Waals surface area (Å²) in [5.41, 5.74) is 6.18. The molecule has 78 valence electrons. The van der Waals surface area contributed by atoms with E-state index in [1.54, 1.807) is 0 Å². The van der Waals surface area contributed by atoms with Gasteiger partial charge in [-0.1, -0.05) is 26.2 Å². The summed E-state index contributed by atoms with van der Waals surface area (Å²) >= 11 is 0. The number of rotatable bonds is 4. The Kier molecular flexibility index (Phi) is 4.74. The Labute approximate surface area is 82.5 Å². The zero-order valence-electron chi connectivity index (χ0n) is 9.13. The highest BCUT2D eigenvalue weighted by Gasteiger charge is 2.20. The molecule has 1 saturated carbocycles. The monoisotopic (exact) mass is 184 g/mol. The molecule has 0 aromatic rings. The molecule has 0 radical (unpaired) electrons. The quantitative estimate of drug-likeness (QED) is 0.722. The van der Waals surface area contributed by atoms with Crippen LogP contribution in [0.15, 0.2) is 0 Å². The van der Waals surface area contributed by atoms with Gasteiger partial charge in [-0.3, -0.25) is 0 Å². The Morgan fingerprint density at radius 2 is 1.92 bits per heavy atom. The maximum Gasteiger partial charge on any atom is 0.0196 e. The van der Waals surface area contributed by atoms with Crippen molar-refractivity contribution in [3.05, 3.63) is 0 Å². The zero-order valence-corrected chi connectivity index (χ0v) is 9.13. The fourth-order valence-electron chi connectivity index (χ4n) is 2.20. The Balaban J connectivity index is 2.24. The third-order valence-corrected chi connectivity index (χ3v) is 3.32. The number of nitrogens with zero attached hydrogens (tertiary/aromatic N) is 1. The van der Waals surface area contributed by atoms with Crippen LogP contribution in [0.3, 0.4) is 0 Å². The fraction of sp³-hybridized carbons (Fsp3) is 1.00. The normalized spacial score (nSPS) is 22.2. The predicted octanol–water partition coefficient (Wildman–Crippen LogP) is 1.85. The number of hydrogen-bond donors (Lipinski definition) is 1. The van der Waals surface area contributed by atoms with Gasteiger partial charge in [0.05, 0.1) is 0 Å². The molecule has 0 amide bonds. The second-order valence-corrected chi connectivity index (χ2v) is 4.42. The molecule has 13 heavy (non-hydrogen) atoms. The number of nitrogens with two attached hydrogens (primary N) is 1. The molecule has 1 aliphatic rings. The van der Waals surface area contributed by atoms with Gasteiger partial charge in [0.1, 0.15) is 0 Å². The van der Waals surface area contributed by atoms with Crippen molar-refractivity contribution in [1.29, 1.82) is 0 Å². The van der Waals surface area contributed by atoms with Crippen LogP contribution in [-0.2, 0) is 0 Å². The van der Waals surface area contributed by atoms with E-state index in [2.05, 4.69) is 18.9 Å². The van der Waals surface area contributed by atoms with Crippen LogP contribution in [0.4, 0.5) is 0 Å². The first kappa shape index (κ1) is 11.0. The highest BCUT2D eigenvalue weighted by atomic mass is 15.1. The van der Waals surface area contributed by atoms with Gasteiger partial charge in [0.2, 0.25) is 0 Å². The summed E-state index contributed by atoms with van der Waals surface area (Å²) in [6.07, 6.45) is 6.94. The maximum atomic E-state index is 6.18. The first-order valence-electron chi connectivity index (χ1n) is 5.68. The van der Waals surface area contributed by atoms with Crippen LogP contribution in [0.25, 0.3) is 0 Å². The molecule has 0 aromatic carbocycles. The van der Waals surface area contributed by atoms with E-state index >= 15 is 0 Å². The van der Waals surface area contributed by atoms with Crippen LogP contribution in [0.1, 0.15) is 39.0 Å². The molecule has 2 heteroatoms. The smallest absolute Gasteiger partial charge is 0.0196 e. The van der Waals surface area contributed by atoms with E-state index in [9.17, 15) is 0 Å². The van der Waals surface area contributed by atoms with Crippen molar-refractivity contribution < 1.29 is 0 Å². The molecule has 2 N–H and O–H groups in total. The van der Waals surface area contributed by atoms with E-state index < -0.39 is 0 Å². The third kappa shape index (κ3) is 3.65. The van der Waals surface area contributed by atoms with E-state index in [-0.39, 0.29) is 0 Å². The van der Waals surface area contributed by atoms with Crippen molar-refractivity contribution in [2.45, 2.75) is 45.1 Å². The SMILES string of the molecule is CCN(C)CC(N)C1CCCCC1. The van der Waals surface area contributed by atoms with Crippen LogP contribution in [0.5, 0.6) is 0 Å². The van der Waals surface area contributed by atoms with Crippen molar-refractivity contribution >= 4 is 0 Å². The third-order valence-electron chi connectivity index (χ3n) is 3.32. The zero-order chi connectivity index (χ0) is 9.68. The number of likely N-dealkylation sites (N-methyl/N-ethyl adjacent to an activating group) is 1. The lowest BCUT2D eigenvalue weighted by molar-refractivity contribution is 0.239. The van der Waals surface area contributed by atoms with Crippen LogP contribution in [-0.4, -0.2) is 31.1 Å². The van der Waals surface area contributed by atoms with Crippen molar-refractivity contribution in [2.24, 2.45) is 11.7 Å². The Bertz CT molecular complexity index is 130.